The van der Waals surface area contributed by atoms with Crippen molar-refractivity contribution in [3.8, 4) is 22.5 Å². The summed E-state index contributed by atoms with van der Waals surface area (Å²) in [4.78, 5) is 14.2. The molecule has 0 aliphatic rings. The highest BCUT2D eigenvalue weighted by Crippen LogP contribution is 2.36. The van der Waals surface area contributed by atoms with Gasteiger partial charge in [0.2, 0.25) is 11.4 Å². The number of nitrogen functional groups attached to an aromatic ring is 1. The normalized spacial score (nSPS) is 10.7. The van der Waals surface area contributed by atoms with E-state index in [-0.39, 0.29) is 11.4 Å². The van der Waals surface area contributed by atoms with Crippen LogP contribution in [-0.4, -0.2) is 10.1 Å². The number of aromatic amines is 1. The van der Waals surface area contributed by atoms with Gasteiger partial charge in [-0.1, -0.05) is 35.5 Å². The average Bonchev–Trinajstić information content (AvgIpc) is 2.81. The van der Waals surface area contributed by atoms with Gasteiger partial charge in [0.15, 0.2) is 0 Å². The van der Waals surface area contributed by atoms with Gasteiger partial charge < -0.3 is 15.2 Å². The van der Waals surface area contributed by atoms with Gasteiger partial charge >= 0.3 is 0 Å². The summed E-state index contributed by atoms with van der Waals surface area (Å²) in [6.45, 7) is 1.99. The van der Waals surface area contributed by atoms with Crippen molar-refractivity contribution >= 4 is 5.88 Å². The Morgan fingerprint density at radius 2 is 1.95 bits per heavy atom. The Hall–Kier alpha value is -2.82. The molecule has 2 aromatic heterocycles. The number of H-pyrrole nitrogens is 1. The molecular weight excluding hydrogens is 254 g/mol. The van der Waals surface area contributed by atoms with Crippen LogP contribution in [0.2, 0.25) is 0 Å². The third-order valence-corrected chi connectivity index (χ3v) is 3.16. The summed E-state index contributed by atoms with van der Waals surface area (Å²) in [5.74, 6) is 0.235. The first-order valence-corrected chi connectivity index (χ1v) is 6.17. The topological polar surface area (TPSA) is 84.9 Å². The Morgan fingerprint density at radius 3 is 2.70 bits per heavy atom. The molecule has 3 N–H and O–H groups in total. The molecular formula is C15H13N3O2. The van der Waals surface area contributed by atoms with Crippen LogP contribution in [0.5, 0.6) is 0 Å². The van der Waals surface area contributed by atoms with Gasteiger partial charge in [0.25, 0.3) is 0 Å². The first-order chi connectivity index (χ1) is 9.66. The van der Waals surface area contributed by atoms with Gasteiger partial charge in [-0.3, -0.25) is 4.79 Å². The van der Waals surface area contributed by atoms with Crippen molar-refractivity contribution in [3.05, 3.63) is 58.4 Å². The van der Waals surface area contributed by atoms with E-state index >= 15 is 0 Å². The second-order valence-corrected chi connectivity index (χ2v) is 4.51. The van der Waals surface area contributed by atoms with Crippen LogP contribution in [0.25, 0.3) is 22.5 Å². The fourth-order valence-corrected chi connectivity index (χ4v) is 2.19. The molecule has 100 valence electrons. The Bertz CT molecular complexity index is 818. The molecule has 20 heavy (non-hydrogen) atoms. The minimum absolute atomic E-state index is 0.195. The summed E-state index contributed by atoms with van der Waals surface area (Å²) in [6, 6.07) is 12.7. The Labute approximate surface area is 115 Å². The number of pyridine rings is 1. The number of hydrogen-bond donors (Lipinski definition) is 2. The standard InChI is InChI=1S/C15H13N3O2/c1-9-5-2-3-6-10(9)13-14(18-20-15(13)16)11-7-4-8-12(19)17-11/h2-8H,16H2,1H3,(H,17,19). The molecule has 0 radical (unpaired) electrons. The second kappa shape index (κ2) is 4.70. The van der Waals surface area contributed by atoms with E-state index in [9.17, 15) is 4.79 Å². The van der Waals surface area contributed by atoms with E-state index in [4.69, 9.17) is 10.3 Å². The van der Waals surface area contributed by atoms with Crippen molar-refractivity contribution in [2.24, 2.45) is 0 Å². The number of nitrogens with one attached hydrogen (secondary N) is 1. The molecule has 0 aliphatic carbocycles. The summed E-state index contributed by atoms with van der Waals surface area (Å²) in [6.07, 6.45) is 0. The van der Waals surface area contributed by atoms with E-state index in [0.717, 1.165) is 11.1 Å². The largest absolute Gasteiger partial charge is 0.367 e. The van der Waals surface area contributed by atoms with Gasteiger partial charge in [-0.05, 0) is 24.1 Å². The van der Waals surface area contributed by atoms with E-state index in [0.29, 0.717) is 17.0 Å². The maximum absolute atomic E-state index is 11.4. The number of aromatic nitrogens is 2. The number of nitrogens with two attached hydrogens (primary N) is 1. The Kier molecular flexibility index (Phi) is 2.87. The third kappa shape index (κ3) is 1.99. The zero-order valence-corrected chi connectivity index (χ0v) is 10.9. The van der Waals surface area contributed by atoms with Crippen LogP contribution < -0.4 is 11.3 Å². The SMILES string of the molecule is Cc1ccccc1-c1c(-c2cccc(=O)[nH]2)noc1N. The van der Waals surface area contributed by atoms with E-state index in [1.807, 2.05) is 31.2 Å². The van der Waals surface area contributed by atoms with Gasteiger partial charge in [-0.25, -0.2) is 0 Å². The lowest BCUT2D eigenvalue weighted by molar-refractivity contribution is 0.439. The fourth-order valence-electron chi connectivity index (χ4n) is 2.19. The first-order valence-electron chi connectivity index (χ1n) is 6.17. The van der Waals surface area contributed by atoms with E-state index in [1.165, 1.54) is 6.07 Å². The van der Waals surface area contributed by atoms with E-state index in [1.54, 1.807) is 12.1 Å². The van der Waals surface area contributed by atoms with Crippen LogP contribution in [0.3, 0.4) is 0 Å². The molecule has 1 aromatic carbocycles. The summed E-state index contributed by atoms with van der Waals surface area (Å²) < 4.78 is 5.11. The number of anilines is 1. The summed E-state index contributed by atoms with van der Waals surface area (Å²) in [7, 11) is 0. The van der Waals surface area contributed by atoms with Crippen LogP contribution in [0.15, 0.2) is 51.8 Å². The molecule has 0 fully saturated rings. The van der Waals surface area contributed by atoms with Crippen molar-refractivity contribution in [2.45, 2.75) is 6.92 Å². The molecule has 2 heterocycles. The van der Waals surface area contributed by atoms with E-state index < -0.39 is 0 Å². The van der Waals surface area contributed by atoms with Crippen LogP contribution in [0, 0.1) is 6.92 Å². The Balaban J connectivity index is 2.26. The van der Waals surface area contributed by atoms with Gasteiger partial charge in [0.05, 0.1) is 11.3 Å². The molecule has 3 rings (SSSR count). The van der Waals surface area contributed by atoms with Crippen molar-refractivity contribution in [2.75, 3.05) is 5.73 Å². The summed E-state index contributed by atoms with van der Waals surface area (Å²) >= 11 is 0. The molecule has 0 amide bonds. The minimum Gasteiger partial charge on any atom is -0.367 e. The van der Waals surface area contributed by atoms with Crippen LogP contribution >= 0.6 is 0 Å². The van der Waals surface area contributed by atoms with Gasteiger partial charge in [-0.15, -0.1) is 0 Å². The van der Waals surface area contributed by atoms with E-state index in [2.05, 4.69) is 10.1 Å². The maximum atomic E-state index is 11.4. The molecule has 0 saturated heterocycles. The van der Waals surface area contributed by atoms with Gasteiger partial charge in [0, 0.05) is 6.07 Å². The van der Waals surface area contributed by atoms with Gasteiger partial charge in [-0.2, -0.15) is 0 Å². The lowest BCUT2D eigenvalue weighted by atomic mass is 9.99. The number of benzene rings is 1. The zero-order valence-electron chi connectivity index (χ0n) is 10.9. The number of nitrogens with zero attached hydrogens (tertiary/aromatic N) is 1. The van der Waals surface area contributed by atoms with Crippen molar-refractivity contribution < 1.29 is 4.52 Å². The molecule has 0 unspecified atom stereocenters. The number of hydrogen-bond acceptors (Lipinski definition) is 4. The minimum atomic E-state index is -0.195. The van der Waals surface area contributed by atoms with Crippen molar-refractivity contribution in [3.63, 3.8) is 0 Å². The molecule has 0 atom stereocenters. The second-order valence-electron chi connectivity index (χ2n) is 4.51. The first kappa shape index (κ1) is 12.2. The molecule has 0 aliphatic heterocycles. The molecule has 3 aromatic rings. The lowest BCUT2D eigenvalue weighted by Crippen LogP contribution is -2.04. The highest BCUT2D eigenvalue weighted by Gasteiger charge is 2.19. The van der Waals surface area contributed by atoms with Crippen molar-refractivity contribution in [1.29, 1.82) is 0 Å². The fraction of sp³-hybridized carbons (Fsp3) is 0.0667. The monoisotopic (exact) mass is 267 g/mol. The summed E-state index contributed by atoms with van der Waals surface area (Å²) in [5.41, 5.74) is 9.51. The quantitative estimate of drug-likeness (QED) is 0.747. The molecule has 0 bridgehead atoms. The maximum Gasteiger partial charge on any atom is 0.248 e. The van der Waals surface area contributed by atoms with Crippen LogP contribution in [-0.2, 0) is 0 Å². The predicted molar refractivity (Wildman–Crippen MR) is 77.1 cm³/mol. The lowest BCUT2D eigenvalue weighted by Gasteiger charge is -2.05. The smallest absolute Gasteiger partial charge is 0.248 e. The molecule has 0 spiro atoms. The molecule has 5 nitrogen and oxygen atoms in total. The number of aryl methyl sites for hydroxylation is 1. The van der Waals surface area contributed by atoms with Crippen LogP contribution in [0.4, 0.5) is 5.88 Å². The highest BCUT2D eigenvalue weighted by atomic mass is 16.5. The molecule has 0 saturated carbocycles. The Morgan fingerprint density at radius 1 is 1.15 bits per heavy atom. The van der Waals surface area contributed by atoms with Crippen molar-refractivity contribution in [1.82, 2.24) is 10.1 Å². The summed E-state index contributed by atoms with van der Waals surface area (Å²) in [5, 5.41) is 3.97. The average molecular weight is 267 g/mol. The predicted octanol–water partition coefficient (Wildman–Crippen LogP) is 2.59. The number of rotatable bonds is 2. The molecule has 5 heteroatoms. The zero-order chi connectivity index (χ0) is 14.1. The van der Waals surface area contributed by atoms with Crippen LogP contribution in [0.1, 0.15) is 5.56 Å². The highest BCUT2D eigenvalue weighted by molar-refractivity contribution is 5.87. The van der Waals surface area contributed by atoms with Gasteiger partial charge in [0.1, 0.15) is 5.69 Å². The third-order valence-electron chi connectivity index (χ3n) is 3.16.